The van der Waals surface area contributed by atoms with Gasteiger partial charge in [-0.15, -0.1) is 0 Å². The molecule has 164 valence electrons. The summed E-state index contributed by atoms with van der Waals surface area (Å²) < 4.78 is 10.9. The first-order valence-electron chi connectivity index (χ1n) is 9.57. The lowest BCUT2D eigenvalue weighted by atomic mass is 10.2. The number of carbonyl (C=O) groups is 2. The predicted molar refractivity (Wildman–Crippen MR) is 123 cm³/mol. The molecule has 8 nitrogen and oxygen atoms in total. The normalized spacial score (nSPS) is 10.6. The number of hydrazone groups is 1. The molecule has 2 aromatic carbocycles. The van der Waals surface area contributed by atoms with Gasteiger partial charge >= 0.3 is 0 Å². The number of nitrogens with zero attached hydrogens (tertiary/aromatic N) is 2. The van der Waals surface area contributed by atoms with Gasteiger partial charge in [-0.3, -0.25) is 9.59 Å². The minimum absolute atomic E-state index is 0.0924. The van der Waals surface area contributed by atoms with Crippen LogP contribution in [0.1, 0.15) is 21.5 Å². The van der Waals surface area contributed by atoms with Crippen molar-refractivity contribution in [2.45, 2.75) is 6.92 Å². The minimum atomic E-state index is -0.481. The van der Waals surface area contributed by atoms with E-state index in [1.54, 1.807) is 30.3 Å². The van der Waals surface area contributed by atoms with E-state index in [2.05, 4.69) is 20.8 Å². The number of nitrogens with one attached hydrogen (secondary N) is 2. The van der Waals surface area contributed by atoms with Gasteiger partial charge in [0.1, 0.15) is 5.15 Å². The summed E-state index contributed by atoms with van der Waals surface area (Å²) in [6.07, 6.45) is 2.93. The molecular weight excluding hydrogens is 432 g/mol. The Labute approximate surface area is 190 Å². The van der Waals surface area contributed by atoms with Crippen LogP contribution in [0.25, 0.3) is 0 Å². The van der Waals surface area contributed by atoms with Crippen LogP contribution in [-0.4, -0.2) is 36.7 Å². The Bertz CT molecular complexity index is 1130. The number of aryl methyl sites for hydroxylation is 1. The number of halogens is 1. The van der Waals surface area contributed by atoms with Crippen molar-refractivity contribution in [1.82, 2.24) is 10.4 Å². The summed E-state index contributed by atoms with van der Waals surface area (Å²) in [5.74, 6) is 0.0396. The number of benzene rings is 2. The van der Waals surface area contributed by atoms with E-state index in [1.165, 1.54) is 19.5 Å². The van der Waals surface area contributed by atoms with Crippen LogP contribution < -0.4 is 20.2 Å². The fraction of sp³-hybridized carbons (Fsp3) is 0.130. The molecule has 0 saturated heterocycles. The number of rotatable bonds is 8. The first-order chi connectivity index (χ1) is 15.5. The van der Waals surface area contributed by atoms with Crippen LogP contribution >= 0.6 is 11.6 Å². The number of carbonyl (C=O) groups excluding carboxylic acids is 2. The molecule has 32 heavy (non-hydrogen) atoms. The lowest BCUT2D eigenvalue weighted by molar-refractivity contribution is -0.118. The van der Waals surface area contributed by atoms with Crippen molar-refractivity contribution in [3.63, 3.8) is 0 Å². The van der Waals surface area contributed by atoms with E-state index < -0.39 is 5.91 Å². The second kappa shape index (κ2) is 10.9. The molecule has 2 amide bonds. The van der Waals surface area contributed by atoms with E-state index in [1.807, 2.05) is 31.2 Å². The maximum atomic E-state index is 12.1. The molecule has 9 heteroatoms. The van der Waals surface area contributed by atoms with Gasteiger partial charge in [-0.1, -0.05) is 29.3 Å². The van der Waals surface area contributed by atoms with Crippen molar-refractivity contribution in [3.05, 3.63) is 82.6 Å². The average Bonchev–Trinajstić information content (AvgIpc) is 2.79. The topological polar surface area (TPSA) is 102 Å². The summed E-state index contributed by atoms with van der Waals surface area (Å²) in [5, 5.41) is 6.78. The van der Waals surface area contributed by atoms with Crippen LogP contribution in [0.15, 0.2) is 65.9 Å². The molecule has 3 aromatic rings. The number of hydrogen-bond donors (Lipinski definition) is 2. The molecule has 3 rings (SSSR count). The lowest BCUT2D eigenvalue weighted by Gasteiger charge is -2.11. The lowest BCUT2D eigenvalue weighted by Crippen LogP contribution is -2.20. The smallest absolute Gasteiger partial charge is 0.274 e. The monoisotopic (exact) mass is 452 g/mol. The molecule has 0 bridgehead atoms. The van der Waals surface area contributed by atoms with Crippen molar-refractivity contribution in [2.24, 2.45) is 5.10 Å². The molecule has 1 heterocycles. The van der Waals surface area contributed by atoms with Gasteiger partial charge in [0.05, 0.1) is 18.9 Å². The van der Waals surface area contributed by atoms with Gasteiger partial charge in [0, 0.05) is 11.9 Å². The van der Waals surface area contributed by atoms with E-state index in [0.29, 0.717) is 22.7 Å². The van der Waals surface area contributed by atoms with Gasteiger partial charge in [0.2, 0.25) is 0 Å². The highest BCUT2D eigenvalue weighted by Crippen LogP contribution is 2.27. The summed E-state index contributed by atoms with van der Waals surface area (Å²) in [6, 6.07) is 15.6. The highest BCUT2D eigenvalue weighted by Gasteiger charge is 2.10. The van der Waals surface area contributed by atoms with Crippen molar-refractivity contribution < 1.29 is 19.1 Å². The molecule has 0 radical (unpaired) electrons. The number of anilines is 1. The van der Waals surface area contributed by atoms with Crippen molar-refractivity contribution >= 4 is 35.3 Å². The summed E-state index contributed by atoms with van der Waals surface area (Å²) >= 11 is 5.89. The minimum Gasteiger partial charge on any atom is -0.493 e. The first kappa shape index (κ1) is 22.8. The second-order valence-electron chi connectivity index (χ2n) is 6.65. The molecule has 0 unspecified atom stereocenters. The first-order valence-corrected chi connectivity index (χ1v) is 9.95. The third-order valence-corrected chi connectivity index (χ3v) is 4.57. The Morgan fingerprint density at radius 3 is 2.62 bits per heavy atom. The van der Waals surface area contributed by atoms with Crippen LogP contribution in [0, 0.1) is 6.92 Å². The Morgan fingerprint density at radius 2 is 1.91 bits per heavy atom. The Morgan fingerprint density at radius 1 is 1.12 bits per heavy atom. The number of hydrogen-bond acceptors (Lipinski definition) is 6. The van der Waals surface area contributed by atoms with E-state index in [4.69, 9.17) is 21.1 Å². The third kappa shape index (κ3) is 6.29. The van der Waals surface area contributed by atoms with Crippen LogP contribution in [0.4, 0.5) is 5.69 Å². The second-order valence-corrected chi connectivity index (χ2v) is 7.01. The maximum Gasteiger partial charge on any atom is 0.274 e. The number of ether oxygens (including phenoxy) is 2. The van der Waals surface area contributed by atoms with Gasteiger partial charge < -0.3 is 14.8 Å². The number of amides is 2. The van der Waals surface area contributed by atoms with Gasteiger partial charge in [-0.25, -0.2) is 10.4 Å². The SMILES string of the molecule is COc1cc(C=NNC(=O)c2cccnc2Cl)ccc1OCC(=O)Nc1ccc(C)cc1. The van der Waals surface area contributed by atoms with Gasteiger partial charge in [0.25, 0.3) is 11.8 Å². The zero-order valence-corrected chi connectivity index (χ0v) is 18.2. The van der Waals surface area contributed by atoms with Crippen molar-refractivity contribution in [2.75, 3.05) is 19.0 Å². The number of aromatic nitrogens is 1. The summed E-state index contributed by atoms with van der Waals surface area (Å²) in [5.41, 5.74) is 5.05. The Balaban J connectivity index is 1.57. The number of pyridine rings is 1. The molecule has 0 aliphatic heterocycles. The van der Waals surface area contributed by atoms with Crippen molar-refractivity contribution in [1.29, 1.82) is 0 Å². The predicted octanol–water partition coefficient (Wildman–Crippen LogP) is 3.83. The summed E-state index contributed by atoms with van der Waals surface area (Å²) in [7, 11) is 1.49. The molecule has 0 saturated carbocycles. The fourth-order valence-corrected chi connectivity index (χ4v) is 2.85. The van der Waals surface area contributed by atoms with E-state index in [0.717, 1.165) is 5.56 Å². The van der Waals surface area contributed by atoms with Crippen LogP contribution in [0.3, 0.4) is 0 Å². The van der Waals surface area contributed by atoms with E-state index in [-0.39, 0.29) is 23.2 Å². The van der Waals surface area contributed by atoms with Gasteiger partial charge in [-0.05, 0) is 55.0 Å². The largest absolute Gasteiger partial charge is 0.493 e. The highest BCUT2D eigenvalue weighted by molar-refractivity contribution is 6.32. The zero-order valence-electron chi connectivity index (χ0n) is 17.5. The molecular formula is C23H21ClN4O4. The fourth-order valence-electron chi connectivity index (χ4n) is 2.64. The summed E-state index contributed by atoms with van der Waals surface area (Å²) in [6.45, 7) is 1.79. The quantitative estimate of drug-likeness (QED) is 0.307. The van der Waals surface area contributed by atoms with Crippen molar-refractivity contribution in [3.8, 4) is 11.5 Å². The molecule has 0 aliphatic carbocycles. The third-order valence-electron chi connectivity index (χ3n) is 4.27. The van der Waals surface area contributed by atoms with Crippen LogP contribution in [0.2, 0.25) is 5.15 Å². The molecule has 0 atom stereocenters. The zero-order chi connectivity index (χ0) is 22.9. The Hall–Kier alpha value is -3.91. The van der Waals surface area contributed by atoms with Crippen LogP contribution in [-0.2, 0) is 4.79 Å². The Kier molecular flexibility index (Phi) is 7.77. The number of methoxy groups -OCH3 is 1. The highest BCUT2D eigenvalue weighted by atomic mass is 35.5. The van der Waals surface area contributed by atoms with E-state index >= 15 is 0 Å². The molecule has 1 aromatic heterocycles. The molecule has 0 fully saturated rings. The summed E-state index contributed by atoms with van der Waals surface area (Å²) in [4.78, 5) is 28.1. The standard InChI is InChI=1S/C23H21ClN4O4/c1-15-5-8-17(9-6-15)27-21(29)14-32-19-10-7-16(12-20(19)31-2)13-26-28-23(30)18-4-3-11-25-22(18)24/h3-13H,14H2,1-2H3,(H,27,29)(H,28,30). The molecule has 0 aliphatic rings. The molecule has 0 spiro atoms. The van der Waals surface area contributed by atoms with Gasteiger partial charge in [-0.2, -0.15) is 5.10 Å². The van der Waals surface area contributed by atoms with E-state index in [9.17, 15) is 9.59 Å². The average molecular weight is 453 g/mol. The van der Waals surface area contributed by atoms with Gasteiger partial charge in [0.15, 0.2) is 18.1 Å². The van der Waals surface area contributed by atoms with Crippen LogP contribution in [0.5, 0.6) is 11.5 Å². The molecule has 2 N–H and O–H groups in total. The maximum absolute atomic E-state index is 12.1.